The van der Waals surface area contributed by atoms with Crippen LogP contribution >= 0.6 is 16.4 Å². The second kappa shape index (κ2) is 4.57. The fourth-order valence-electron chi connectivity index (χ4n) is 1.24. The van der Waals surface area contributed by atoms with Gasteiger partial charge < -0.3 is 16.4 Å². The number of benzene rings is 1. The number of fused-ring (bicyclic) bond motifs is 1. The van der Waals surface area contributed by atoms with E-state index in [0.717, 1.165) is 0 Å². The molecule has 0 aliphatic heterocycles. The van der Waals surface area contributed by atoms with Crippen molar-refractivity contribution >= 4 is 39.3 Å². The van der Waals surface area contributed by atoms with Crippen molar-refractivity contribution in [2.75, 3.05) is 0 Å². The summed E-state index contributed by atoms with van der Waals surface area (Å²) < 4.78 is 1.76. The molecular formula is C10H13LiP2Si. The molecule has 1 heterocycles. The van der Waals surface area contributed by atoms with Crippen molar-refractivity contribution in [3.63, 3.8) is 0 Å². The van der Waals surface area contributed by atoms with Gasteiger partial charge in [-0.1, -0.05) is 43.9 Å². The van der Waals surface area contributed by atoms with Crippen molar-refractivity contribution in [1.82, 2.24) is 0 Å². The average Bonchev–Trinajstić information content (AvgIpc) is 2.45. The van der Waals surface area contributed by atoms with Gasteiger partial charge in [0.1, 0.15) is 0 Å². The Hall–Kier alpha value is 0.504. The Morgan fingerprint density at radius 3 is 2.36 bits per heavy atom. The maximum absolute atomic E-state index is 2.44. The van der Waals surface area contributed by atoms with Gasteiger partial charge in [-0.2, -0.15) is 4.65 Å². The molecule has 68 valence electrons. The molecule has 2 rings (SSSR count). The van der Waals surface area contributed by atoms with Gasteiger partial charge in [0, 0.05) is 8.07 Å². The molecular weight excluding hydrogens is 217 g/mol. The Morgan fingerprint density at radius 1 is 1.14 bits per heavy atom. The fourth-order valence-corrected chi connectivity index (χ4v) is 6.95. The van der Waals surface area contributed by atoms with Crippen LogP contribution in [-0.2, 0) is 0 Å². The molecule has 4 heteroatoms. The van der Waals surface area contributed by atoms with Crippen molar-refractivity contribution in [2.45, 2.75) is 19.6 Å². The summed E-state index contributed by atoms with van der Waals surface area (Å²) in [5.74, 6) is 0. The van der Waals surface area contributed by atoms with Crippen molar-refractivity contribution < 1.29 is 18.9 Å². The molecule has 0 fully saturated rings. The van der Waals surface area contributed by atoms with Gasteiger partial charge in [0.15, 0.2) is 0 Å². The first kappa shape index (κ1) is 12.6. The van der Waals surface area contributed by atoms with Crippen LogP contribution in [0.2, 0.25) is 19.6 Å². The van der Waals surface area contributed by atoms with Gasteiger partial charge in [0.2, 0.25) is 0 Å². The zero-order valence-corrected chi connectivity index (χ0v) is 12.0. The summed E-state index contributed by atoms with van der Waals surface area (Å²) in [5, 5.41) is 3.06. The zero-order chi connectivity index (χ0) is 9.47. The maximum Gasteiger partial charge on any atom is 1.00 e. The molecule has 14 heavy (non-hydrogen) atoms. The predicted octanol–water partition coefficient (Wildman–Crippen LogP) is 1.27. The van der Waals surface area contributed by atoms with Crippen LogP contribution in [0.4, 0.5) is 0 Å². The maximum atomic E-state index is 2.44. The van der Waals surface area contributed by atoms with E-state index < -0.39 is 8.07 Å². The summed E-state index contributed by atoms with van der Waals surface area (Å²) in [5.41, 5.74) is 0. The van der Waals surface area contributed by atoms with Crippen LogP contribution in [0.15, 0.2) is 24.3 Å². The van der Waals surface area contributed by atoms with Crippen LogP contribution < -0.4 is 23.5 Å². The van der Waals surface area contributed by atoms with E-state index in [1.165, 1.54) is 26.6 Å². The van der Waals surface area contributed by atoms with Crippen LogP contribution in [0.3, 0.4) is 0 Å². The minimum absolute atomic E-state index is 0. The zero-order valence-electron chi connectivity index (χ0n) is 9.20. The molecule has 0 saturated heterocycles. The van der Waals surface area contributed by atoms with E-state index in [1.807, 2.05) is 0 Å². The minimum atomic E-state index is -1.03. The van der Waals surface area contributed by atoms with Crippen molar-refractivity contribution in [1.29, 1.82) is 0 Å². The van der Waals surface area contributed by atoms with Gasteiger partial charge >= 0.3 is 18.9 Å². The van der Waals surface area contributed by atoms with E-state index in [2.05, 4.69) is 43.9 Å². The van der Waals surface area contributed by atoms with Crippen LogP contribution in [0.1, 0.15) is 0 Å². The van der Waals surface area contributed by atoms with E-state index in [9.17, 15) is 0 Å². The topological polar surface area (TPSA) is 0 Å². The second-order valence-electron chi connectivity index (χ2n) is 4.29. The molecule has 0 bridgehead atoms. The summed E-state index contributed by atoms with van der Waals surface area (Å²) >= 11 is 0. The number of rotatable bonds is 1. The van der Waals surface area contributed by atoms with Crippen LogP contribution in [0.5, 0.6) is 0 Å². The molecule has 1 aromatic heterocycles. The Bertz CT molecular complexity index is 398. The second-order valence-corrected chi connectivity index (χ2v) is 12.8. The molecule has 0 aliphatic carbocycles. The minimum Gasteiger partial charge on any atom is -0.307 e. The quantitative estimate of drug-likeness (QED) is 0.647. The largest absolute Gasteiger partial charge is 1.00 e. The molecule has 0 saturated carbocycles. The van der Waals surface area contributed by atoms with Crippen LogP contribution in [0, 0.1) is 0 Å². The summed E-state index contributed by atoms with van der Waals surface area (Å²) in [6.07, 6.45) is 0. The van der Waals surface area contributed by atoms with E-state index in [0.29, 0.717) is 0 Å². The summed E-state index contributed by atoms with van der Waals surface area (Å²) in [7, 11) is 1.97. The molecule has 0 aliphatic rings. The summed E-state index contributed by atoms with van der Waals surface area (Å²) in [6.45, 7) is 7.32. The van der Waals surface area contributed by atoms with Crippen molar-refractivity contribution in [3.05, 3.63) is 24.3 Å². The van der Waals surface area contributed by atoms with Gasteiger partial charge in [-0.05, 0) is 0 Å². The normalized spacial score (nSPS) is 12.5. The SMILES string of the molecule is C[Si](C)(C)c1pc2ccccc2[p-]1.[Li+]. The van der Waals surface area contributed by atoms with E-state index in [4.69, 9.17) is 0 Å². The summed E-state index contributed by atoms with van der Waals surface area (Å²) in [6, 6.07) is 8.82. The van der Waals surface area contributed by atoms with Gasteiger partial charge in [-0.25, -0.2) is 0 Å². The Labute approximate surface area is 102 Å². The Balaban J connectivity index is 0.000000980. The van der Waals surface area contributed by atoms with Crippen LogP contribution in [-0.4, -0.2) is 8.07 Å². The van der Waals surface area contributed by atoms with E-state index in [1.54, 1.807) is 4.65 Å². The molecule has 1 aromatic carbocycles. The predicted molar refractivity (Wildman–Crippen MR) is 67.5 cm³/mol. The van der Waals surface area contributed by atoms with E-state index >= 15 is 0 Å². The molecule has 0 atom stereocenters. The Morgan fingerprint density at radius 2 is 1.79 bits per heavy atom. The smallest absolute Gasteiger partial charge is 0.307 e. The monoisotopic (exact) mass is 230 g/mol. The average molecular weight is 230 g/mol. The van der Waals surface area contributed by atoms with Gasteiger partial charge in [-0.15, -0.1) is 10.2 Å². The standard InChI is InChI=1S/C10H13P2Si.Li/c1-13(2,3)10-11-8-6-4-5-7-9(8)12-10;/h4-7H,1-3H3;/q-1;+1. The first-order valence-corrected chi connectivity index (χ1v) is 9.76. The van der Waals surface area contributed by atoms with E-state index in [-0.39, 0.29) is 18.9 Å². The van der Waals surface area contributed by atoms with Gasteiger partial charge in [-0.3, -0.25) is 0 Å². The molecule has 0 amide bonds. The molecule has 0 radical (unpaired) electrons. The molecule has 0 nitrogen and oxygen atoms in total. The molecule has 0 N–H and O–H groups in total. The number of hydrogen-bond donors (Lipinski definition) is 0. The van der Waals surface area contributed by atoms with Crippen molar-refractivity contribution in [3.8, 4) is 0 Å². The van der Waals surface area contributed by atoms with Gasteiger partial charge in [0.25, 0.3) is 0 Å². The molecule has 2 aromatic rings. The first-order chi connectivity index (χ1) is 6.07. The third kappa shape index (κ3) is 2.54. The Kier molecular flexibility index (Phi) is 4.10. The van der Waals surface area contributed by atoms with Gasteiger partial charge in [0.05, 0.1) is 0 Å². The fraction of sp³-hybridized carbons (Fsp3) is 0.300. The molecule has 0 unspecified atom stereocenters. The van der Waals surface area contributed by atoms with Crippen LogP contribution in [0.25, 0.3) is 10.2 Å². The van der Waals surface area contributed by atoms with Crippen molar-refractivity contribution in [2.24, 2.45) is 0 Å². The summed E-state index contributed by atoms with van der Waals surface area (Å²) in [4.78, 5) is 0. The third-order valence-electron chi connectivity index (χ3n) is 2.01. The molecule has 0 spiro atoms. The third-order valence-corrected chi connectivity index (χ3v) is 10.5. The number of hydrogen-bond acceptors (Lipinski definition) is 0. The first-order valence-electron chi connectivity index (χ1n) is 4.47.